The van der Waals surface area contributed by atoms with Crippen LogP contribution in [0.1, 0.15) is 30.5 Å². The van der Waals surface area contributed by atoms with Crippen molar-refractivity contribution < 1.29 is 28.6 Å². The van der Waals surface area contributed by atoms with E-state index < -0.39 is 17.9 Å². The fourth-order valence-electron chi connectivity index (χ4n) is 2.56. The summed E-state index contributed by atoms with van der Waals surface area (Å²) in [5.41, 5.74) is 2.34. The van der Waals surface area contributed by atoms with E-state index in [9.17, 15) is 14.4 Å². The lowest BCUT2D eigenvalue weighted by Gasteiger charge is -2.09. The number of aryl methyl sites for hydroxylation is 1. The van der Waals surface area contributed by atoms with Crippen molar-refractivity contribution in [3.05, 3.63) is 64.9 Å². The van der Waals surface area contributed by atoms with Gasteiger partial charge in [0.2, 0.25) is 5.90 Å². The number of hydrogen-bond donors (Lipinski definition) is 0. The zero-order valence-electron chi connectivity index (χ0n) is 15.5. The van der Waals surface area contributed by atoms with Crippen LogP contribution in [0.25, 0.3) is 6.08 Å². The van der Waals surface area contributed by atoms with Gasteiger partial charge in [-0.1, -0.05) is 23.8 Å². The summed E-state index contributed by atoms with van der Waals surface area (Å²) < 4.78 is 15.4. The predicted molar refractivity (Wildman–Crippen MR) is 101 cm³/mol. The molecule has 0 aromatic heterocycles. The van der Waals surface area contributed by atoms with Gasteiger partial charge in [0, 0.05) is 19.4 Å². The molecule has 1 heterocycles. The minimum Gasteiger partial charge on any atom is -0.423 e. The van der Waals surface area contributed by atoms with Gasteiger partial charge in [0.1, 0.15) is 0 Å². The van der Waals surface area contributed by atoms with Crippen molar-refractivity contribution in [2.45, 2.75) is 20.8 Å². The molecule has 7 nitrogen and oxygen atoms in total. The smallest absolute Gasteiger partial charge is 0.363 e. The van der Waals surface area contributed by atoms with Gasteiger partial charge in [-0.25, -0.2) is 9.79 Å². The van der Waals surface area contributed by atoms with Crippen LogP contribution in [0.5, 0.6) is 11.5 Å². The molecule has 2 aromatic rings. The van der Waals surface area contributed by atoms with Crippen molar-refractivity contribution in [2.75, 3.05) is 0 Å². The van der Waals surface area contributed by atoms with E-state index in [1.807, 2.05) is 25.1 Å². The number of benzene rings is 2. The summed E-state index contributed by atoms with van der Waals surface area (Å²) in [6.07, 6.45) is 1.50. The number of hydrogen-bond acceptors (Lipinski definition) is 7. The Hall–Kier alpha value is -3.74. The first-order valence-corrected chi connectivity index (χ1v) is 8.42. The van der Waals surface area contributed by atoms with E-state index in [4.69, 9.17) is 14.2 Å². The van der Waals surface area contributed by atoms with Gasteiger partial charge < -0.3 is 14.2 Å². The highest BCUT2D eigenvalue weighted by molar-refractivity contribution is 6.12. The average Bonchev–Trinajstić information content (AvgIpc) is 2.97. The number of carbonyl (C=O) groups is 3. The number of aliphatic imine (C=N–C) groups is 1. The first-order chi connectivity index (χ1) is 13.3. The molecule has 142 valence electrons. The molecular weight excluding hydrogens is 362 g/mol. The molecule has 1 aliphatic heterocycles. The molecule has 0 atom stereocenters. The summed E-state index contributed by atoms with van der Waals surface area (Å²) in [6, 6.07) is 12.0. The van der Waals surface area contributed by atoms with E-state index in [-0.39, 0.29) is 23.1 Å². The Labute approximate surface area is 161 Å². The second-order valence-corrected chi connectivity index (χ2v) is 6.10. The van der Waals surface area contributed by atoms with E-state index in [0.29, 0.717) is 11.1 Å². The number of rotatable bonds is 4. The SMILES string of the molecule is CC(=O)Oc1ccc(/C=C2\N=C(c3cccc(C)c3)OC2=O)cc1OC(C)=O. The minimum absolute atomic E-state index is 0.0614. The molecule has 0 bridgehead atoms. The summed E-state index contributed by atoms with van der Waals surface area (Å²) in [4.78, 5) is 38.9. The third-order valence-electron chi connectivity index (χ3n) is 3.66. The van der Waals surface area contributed by atoms with Crippen molar-refractivity contribution in [3.8, 4) is 11.5 Å². The van der Waals surface area contributed by atoms with Crippen LogP contribution in [0.3, 0.4) is 0 Å². The number of carbonyl (C=O) groups excluding carboxylic acids is 3. The highest BCUT2D eigenvalue weighted by atomic mass is 16.6. The van der Waals surface area contributed by atoms with Crippen LogP contribution in [0.15, 0.2) is 53.2 Å². The molecule has 0 N–H and O–H groups in total. The Morgan fingerprint density at radius 3 is 2.39 bits per heavy atom. The fourth-order valence-corrected chi connectivity index (χ4v) is 2.56. The maximum atomic E-state index is 12.2. The van der Waals surface area contributed by atoms with Gasteiger partial charge in [0.05, 0.1) is 0 Å². The summed E-state index contributed by atoms with van der Waals surface area (Å²) >= 11 is 0. The van der Waals surface area contributed by atoms with Crippen LogP contribution >= 0.6 is 0 Å². The summed E-state index contributed by atoms with van der Waals surface area (Å²) in [6.45, 7) is 4.40. The van der Waals surface area contributed by atoms with Gasteiger partial charge in [0.25, 0.3) is 0 Å². The number of cyclic esters (lactones) is 1. The number of nitrogens with zero attached hydrogens (tertiary/aromatic N) is 1. The van der Waals surface area contributed by atoms with Crippen molar-refractivity contribution in [2.24, 2.45) is 4.99 Å². The molecule has 0 spiro atoms. The molecule has 0 radical (unpaired) electrons. The van der Waals surface area contributed by atoms with Crippen LogP contribution in [0.4, 0.5) is 0 Å². The molecule has 2 aromatic carbocycles. The fraction of sp³-hybridized carbons (Fsp3) is 0.143. The summed E-state index contributed by atoms with van der Waals surface area (Å²) in [5, 5.41) is 0. The zero-order chi connectivity index (χ0) is 20.3. The second-order valence-electron chi connectivity index (χ2n) is 6.10. The van der Waals surface area contributed by atoms with Gasteiger partial charge in [0.15, 0.2) is 17.2 Å². The Kier molecular flexibility index (Phi) is 5.35. The van der Waals surface area contributed by atoms with Gasteiger partial charge in [-0.15, -0.1) is 0 Å². The van der Waals surface area contributed by atoms with Gasteiger partial charge in [-0.3, -0.25) is 9.59 Å². The van der Waals surface area contributed by atoms with E-state index in [0.717, 1.165) is 5.56 Å². The largest absolute Gasteiger partial charge is 0.423 e. The number of ether oxygens (including phenoxy) is 3. The molecular formula is C21H17NO6. The van der Waals surface area contributed by atoms with Gasteiger partial charge in [-0.2, -0.15) is 0 Å². The molecule has 0 saturated carbocycles. The van der Waals surface area contributed by atoms with E-state index >= 15 is 0 Å². The maximum Gasteiger partial charge on any atom is 0.363 e. The highest BCUT2D eigenvalue weighted by Crippen LogP contribution is 2.30. The molecule has 7 heteroatoms. The quantitative estimate of drug-likeness (QED) is 0.460. The lowest BCUT2D eigenvalue weighted by molar-refractivity contribution is -0.134. The molecule has 0 aliphatic carbocycles. The highest BCUT2D eigenvalue weighted by Gasteiger charge is 2.24. The monoisotopic (exact) mass is 379 g/mol. The lowest BCUT2D eigenvalue weighted by Crippen LogP contribution is -2.07. The summed E-state index contributed by atoms with van der Waals surface area (Å²) in [7, 11) is 0. The molecule has 1 aliphatic rings. The van der Waals surface area contributed by atoms with Crippen LogP contribution in [-0.2, 0) is 19.1 Å². The van der Waals surface area contributed by atoms with Crippen LogP contribution in [-0.4, -0.2) is 23.8 Å². The zero-order valence-corrected chi connectivity index (χ0v) is 15.5. The normalized spacial score (nSPS) is 14.5. The molecule has 0 unspecified atom stereocenters. The van der Waals surface area contributed by atoms with Gasteiger partial charge >= 0.3 is 17.9 Å². The van der Waals surface area contributed by atoms with Crippen LogP contribution in [0, 0.1) is 6.92 Å². The Morgan fingerprint density at radius 1 is 1.00 bits per heavy atom. The third-order valence-corrected chi connectivity index (χ3v) is 3.66. The lowest BCUT2D eigenvalue weighted by atomic mass is 10.1. The van der Waals surface area contributed by atoms with E-state index in [1.54, 1.807) is 12.1 Å². The first kappa shape index (κ1) is 19.0. The standard InChI is InChI=1S/C21H17NO6/c1-12-5-4-6-16(9-12)20-22-17(21(25)28-20)10-15-7-8-18(26-13(2)23)19(11-15)27-14(3)24/h4-11H,1-3H3/b17-10-. The third kappa shape index (κ3) is 4.50. The molecule has 0 amide bonds. The van der Waals surface area contributed by atoms with Crippen molar-refractivity contribution in [1.29, 1.82) is 0 Å². The molecule has 3 rings (SSSR count). The predicted octanol–water partition coefficient (Wildman–Crippen LogP) is 3.19. The molecule has 0 saturated heterocycles. The minimum atomic E-state index is -0.588. The molecule has 28 heavy (non-hydrogen) atoms. The average molecular weight is 379 g/mol. The van der Waals surface area contributed by atoms with Crippen LogP contribution in [0.2, 0.25) is 0 Å². The van der Waals surface area contributed by atoms with E-state index in [2.05, 4.69) is 4.99 Å². The maximum absolute atomic E-state index is 12.2. The van der Waals surface area contributed by atoms with Crippen molar-refractivity contribution in [3.63, 3.8) is 0 Å². The van der Waals surface area contributed by atoms with Gasteiger partial charge in [-0.05, 0) is 42.8 Å². The molecule has 0 fully saturated rings. The second kappa shape index (κ2) is 7.87. The Morgan fingerprint density at radius 2 is 1.71 bits per heavy atom. The van der Waals surface area contributed by atoms with Crippen LogP contribution < -0.4 is 9.47 Å². The Bertz CT molecular complexity index is 1030. The number of esters is 3. The van der Waals surface area contributed by atoms with Crippen molar-refractivity contribution in [1.82, 2.24) is 0 Å². The van der Waals surface area contributed by atoms with E-state index in [1.165, 1.54) is 32.1 Å². The summed E-state index contributed by atoms with van der Waals surface area (Å²) in [5.74, 6) is -1.33. The topological polar surface area (TPSA) is 91.3 Å². The first-order valence-electron chi connectivity index (χ1n) is 8.42. The van der Waals surface area contributed by atoms with Crippen molar-refractivity contribution >= 4 is 29.9 Å². The Balaban J connectivity index is 1.94.